The molecule has 4 nitrogen and oxygen atoms in total. The summed E-state index contributed by atoms with van der Waals surface area (Å²) in [4.78, 5) is 15.4. The molecule has 1 aliphatic rings. The maximum atomic E-state index is 11.4. The Kier molecular flexibility index (Phi) is 6.30. The number of hydrogen-bond acceptors (Lipinski definition) is 4. The molecule has 1 amide bonds. The largest absolute Gasteiger partial charge is 0.390 e. The van der Waals surface area contributed by atoms with Crippen LogP contribution in [0.25, 0.3) is 0 Å². The summed E-state index contributed by atoms with van der Waals surface area (Å²) >= 11 is 1.81. The third kappa shape index (κ3) is 4.85. The Morgan fingerprint density at radius 3 is 2.82 bits per heavy atom. The lowest BCUT2D eigenvalue weighted by atomic mass is 10.2. The first-order chi connectivity index (χ1) is 8.04. The summed E-state index contributed by atoms with van der Waals surface area (Å²) in [6.07, 6.45) is 3.23. The molecule has 0 aromatic carbocycles. The molecule has 1 saturated heterocycles. The van der Waals surface area contributed by atoms with Crippen molar-refractivity contribution in [3.05, 3.63) is 0 Å². The number of hydrogen-bond donors (Lipinski definition) is 1. The van der Waals surface area contributed by atoms with Crippen LogP contribution in [-0.2, 0) is 4.79 Å². The normalized spacial score (nSPS) is 20.1. The van der Waals surface area contributed by atoms with Crippen LogP contribution in [0.3, 0.4) is 0 Å². The van der Waals surface area contributed by atoms with Gasteiger partial charge in [0.15, 0.2) is 0 Å². The highest BCUT2D eigenvalue weighted by Crippen LogP contribution is 2.11. The molecule has 0 radical (unpaired) electrons. The smallest absolute Gasteiger partial charge is 0.222 e. The molecule has 0 aromatic rings. The van der Waals surface area contributed by atoms with Gasteiger partial charge in [0.2, 0.25) is 5.91 Å². The molecule has 1 heterocycles. The van der Waals surface area contributed by atoms with Crippen LogP contribution in [0.4, 0.5) is 0 Å². The van der Waals surface area contributed by atoms with Gasteiger partial charge in [-0.1, -0.05) is 0 Å². The number of thioether (sulfide) groups is 1. The van der Waals surface area contributed by atoms with Crippen LogP contribution in [-0.4, -0.2) is 71.6 Å². The van der Waals surface area contributed by atoms with Gasteiger partial charge >= 0.3 is 0 Å². The van der Waals surface area contributed by atoms with Crippen molar-refractivity contribution >= 4 is 17.7 Å². The van der Waals surface area contributed by atoms with Crippen LogP contribution in [0.2, 0.25) is 0 Å². The number of aliphatic hydroxyl groups is 1. The van der Waals surface area contributed by atoms with Crippen LogP contribution in [0.15, 0.2) is 0 Å². The second kappa shape index (κ2) is 7.24. The number of nitrogens with zero attached hydrogens (tertiary/aromatic N) is 2. The van der Waals surface area contributed by atoms with Crippen LogP contribution in [0.5, 0.6) is 0 Å². The second-order valence-electron chi connectivity index (χ2n) is 4.84. The van der Waals surface area contributed by atoms with Crippen LogP contribution >= 0.6 is 11.8 Å². The van der Waals surface area contributed by atoms with Gasteiger partial charge in [-0.2, -0.15) is 11.8 Å². The van der Waals surface area contributed by atoms with E-state index >= 15 is 0 Å². The van der Waals surface area contributed by atoms with Gasteiger partial charge < -0.3 is 14.9 Å². The molecule has 100 valence electrons. The molecule has 0 aromatic heterocycles. The fourth-order valence-corrected chi connectivity index (χ4v) is 2.83. The van der Waals surface area contributed by atoms with Gasteiger partial charge in [0.25, 0.3) is 0 Å². The summed E-state index contributed by atoms with van der Waals surface area (Å²) in [5.41, 5.74) is 0. The molecule has 1 rings (SSSR count). The van der Waals surface area contributed by atoms with Crippen LogP contribution < -0.4 is 0 Å². The number of aliphatic hydroxyl groups excluding tert-OH is 1. The van der Waals surface area contributed by atoms with Gasteiger partial charge in [-0.15, -0.1) is 0 Å². The molecule has 0 bridgehead atoms. The zero-order valence-electron chi connectivity index (χ0n) is 11.1. The number of amides is 1. The molecule has 5 heteroatoms. The van der Waals surface area contributed by atoms with E-state index in [1.165, 1.54) is 0 Å². The van der Waals surface area contributed by atoms with Crippen molar-refractivity contribution in [2.75, 3.05) is 38.7 Å². The zero-order valence-corrected chi connectivity index (χ0v) is 11.9. The summed E-state index contributed by atoms with van der Waals surface area (Å²) in [6, 6.07) is 0.453. The lowest BCUT2D eigenvalue weighted by Crippen LogP contribution is -2.42. The average Bonchev–Trinajstić information content (AvgIpc) is 2.64. The first-order valence-corrected chi connectivity index (χ1v) is 7.59. The minimum Gasteiger partial charge on any atom is -0.390 e. The molecule has 2 atom stereocenters. The maximum absolute atomic E-state index is 11.4. The quantitative estimate of drug-likeness (QED) is 0.730. The van der Waals surface area contributed by atoms with Gasteiger partial charge in [0, 0.05) is 37.8 Å². The molecule has 0 spiro atoms. The number of likely N-dealkylation sites (tertiary alicyclic amines) is 1. The number of rotatable bonds is 7. The molecule has 1 fully saturated rings. The third-order valence-corrected chi connectivity index (χ3v) is 4.08. The maximum Gasteiger partial charge on any atom is 0.222 e. The highest BCUT2D eigenvalue weighted by molar-refractivity contribution is 7.98. The number of likely N-dealkylation sites (N-methyl/N-ethyl adjacent to an activating group) is 1. The van der Waals surface area contributed by atoms with Crippen molar-refractivity contribution in [2.24, 2.45) is 0 Å². The van der Waals surface area contributed by atoms with Crippen molar-refractivity contribution in [3.63, 3.8) is 0 Å². The molecular formula is C12H24N2O2S. The highest BCUT2D eigenvalue weighted by Gasteiger charge is 2.23. The van der Waals surface area contributed by atoms with E-state index in [-0.39, 0.29) is 5.91 Å². The van der Waals surface area contributed by atoms with E-state index in [9.17, 15) is 9.90 Å². The molecule has 17 heavy (non-hydrogen) atoms. The highest BCUT2D eigenvalue weighted by atomic mass is 32.2. The zero-order chi connectivity index (χ0) is 12.8. The van der Waals surface area contributed by atoms with E-state index in [0.717, 1.165) is 18.7 Å². The molecule has 0 aliphatic carbocycles. The van der Waals surface area contributed by atoms with E-state index in [2.05, 4.69) is 18.1 Å². The Bertz CT molecular complexity index is 251. The molecule has 0 saturated carbocycles. The Balaban J connectivity index is 2.28. The fraction of sp³-hybridized carbons (Fsp3) is 0.917. The molecule has 1 aliphatic heterocycles. The summed E-state index contributed by atoms with van der Waals surface area (Å²) in [5.74, 6) is 1.25. The van der Waals surface area contributed by atoms with Gasteiger partial charge in [-0.3, -0.25) is 4.79 Å². The summed E-state index contributed by atoms with van der Waals surface area (Å²) < 4.78 is 0. The Hall–Kier alpha value is -0.260. The topological polar surface area (TPSA) is 43.8 Å². The van der Waals surface area contributed by atoms with Crippen LogP contribution in [0, 0.1) is 0 Å². The van der Waals surface area contributed by atoms with E-state index in [1.807, 2.05) is 18.8 Å². The Labute approximate surface area is 108 Å². The molecular weight excluding hydrogens is 236 g/mol. The van der Waals surface area contributed by atoms with E-state index in [1.54, 1.807) is 4.90 Å². The molecule has 1 N–H and O–H groups in total. The Morgan fingerprint density at radius 2 is 2.29 bits per heavy atom. The monoisotopic (exact) mass is 260 g/mol. The van der Waals surface area contributed by atoms with Crippen molar-refractivity contribution in [3.8, 4) is 0 Å². The van der Waals surface area contributed by atoms with Gasteiger partial charge in [0.1, 0.15) is 0 Å². The lowest BCUT2D eigenvalue weighted by molar-refractivity contribution is -0.129. The number of β-amino-alcohol motifs (C(OH)–C–C–N with tert-alkyl or cyclic N) is 1. The first-order valence-electron chi connectivity index (χ1n) is 6.19. The van der Waals surface area contributed by atoms with Crippen LogP contribution in [0.1, 0.15) is 19.8 Å². The Morgan fingerprint density at radius 1 is 1.59 bits per heavy atom. The van der Waals surface area contributed by atoms with Gasteiger partial charge in [-0.05, 0) is 26.6 Å². The van der Waals surface area contributed by atoms with E-state index in [0.29, 0.717) is 25.6 Å². The van der Waals surface area contributed by atoms with Crippen molar-refractivity contribution in [2.45, 2.75) is 31.9 Å². The SMILES string of the molecule is CSCC(C)N(C)CC(O)CN1CCCC1=O. The average molecular weight is 260 g/mol. The third-order valence-electron chi connectivity index (χ3n) is 3.26. The number of carbonyl (C=O) groups excluding carboxylic acids is 1. The first kappa shape index (κ1) is 14.8. The van der Waals surface area contributed by atoms with Crippen molar-refractivity contribution < 1.29 is 9.90 Å². The summed E-state index contributed by atoms with van der Waals surface area (Å²) in [7, 11) is 2.02. The standard InChI is InChI=1S/C12H24N2O2S/c1-10(9-17-3)13(2)7-11(15)8-14-6-4-5-12(14)16/h10-11,15H,4-9H2,1-3H3. The minimum atomic E-state index is -0.439. The number of carbonyl (C=O) groups is 1. The lowest BCUT2D eigenvalue weighted by Gasteiger charge is -2.28. The van der Waals surface area contributed by atoms with Gasteiger partial charge in [-0.25, -0.2) is 0 Å². The predicted molar refractivity (Wildman–Crippen MR) is 72.3 cm³/mol. The van der Waals surface area contributed by atoms with E-state index < -0.39 is 6.10 Å². The second-order valence-corrected chi connectivity index (χ2v) is 5.75. The van der Waals surface area contributed by atoms with E-state index in [4.69, 9.17) is 0 Å². The van der Waals surface area contributed by atoms with Crippen molar-refractivity contribution in [1.82, 2.24) is 9.80 Å². The van der Waals surface area contributed by atoms with Crippen molar-refractivity contribution in [1.29, 1.82) is 0 Å². The summed E-state index contributed by atoms with van der Waals surface area (Å²) in [6.45, 7) is 4.07. The summed E-state index contributed by atoms with van der Waals surface area (Å²) in [5, 5.41) is 9.97. The predicted octanol–water partition coefficient (Wildman–Crippen LogP) is 0.653. The van der Waals surface area contributed by atoms with Gasteiger partial charge in [0.05, 0.1) is 6.10 Å². The molecule has 2 unspecified atom stereocenters. The fourth-order valence-electron chi connectivity index (χ4n) is 2.09. The minimum absolute atomic E-state index is 0.184.